The molecule has 3 nitrogen and oxygen atoms in total. The molecule has 0 radical (unpaired) electrons. The molecule has 0 amide bonds. The van der Waals surface area contributed by atoms with Gasteiger partial charge < -0.3 is 5.32 Å². The minimum atomic E-state index is 0.442. The predicted molar refractivity (Wildman–Crippen MR) is 85.1 cm³/mol. The maximum absolute atomic E-state index is 3.76. The first-order valence-corrected chi connectivity index (χ1v) is 8.81. The molecule has 1 N–H and O–H groups in total. The van der Waals surface area contributed by atoms with Gasteiger partial charge in [0, 0.05) is 44.3 Å². The van der Waals surface area contributed by atoms with Gasteiger partial charge in [-0.25, -0.2) is 0 Å². The van der Waals surface area contributed by atoms with Crippen LogP contribution in [0.4, 0.5) is 0 Å². The smallest absolute Gasteiger partial charge is 0.0224 e. The maximum Gasteiger partial charge on any atom is 0.0224 e. The maximum atomic E-state index is 3.76. The van der Waals surface area contributed by atoms with Gasteiger partial charge in [0.15, 0.2) is 0 Å². The fourth-order valence-electron chi connectivity index (χ4n) is 3.93. The molecular formula is C17H33N3. The van der Waals surface area contributed by atoms with E-state index in [9.17, 15) is 0 Å². The van der Waals surface area contributed by atoms with Crippen LogP contribution in [-0.4, -0.2) is 60.6 Å². The number of nitrogens with zero attached hydrogens (tertiary/aromatic N) is 2. The largest absolute Gasteiger partial charge is 0.313 e. The SMILES string of the molecule is CCC(C)(CNC1CC1)CN1CC2CCCN2CC1C. The lowest BCUT2D eigenvalue weighted by Crippen LogP contribution is -2.57. The summed E-state index contributed by atoms with van der Waals surface area (Å²) in [6.45, 7) is 13.7. The van der Waals surface area contributed by atoms with Gasteiger partial charge in [-0.15, -0.1) is 0 Å². The summed E-state index contributed by atoms with van der Waals surface area (Å²) in [6, 6.07) is 2.42. The summed E-state index contributed by atoms with van der Waals surface area (Å²) in [4.78, 5) is 5.51. The zero-order valence-electron chi connectivity index (χ0n) is 13.7. The highest BCUT2D eigenvalue weighted by Gasteiger charge is 2.37. The number of hydrogen-bond acceptors (Lipinski definition) is 3. The van der Waals surface area contributed by atoms with Crippen molar-refractivity contribution >= 4 is 0 Å². The van der Waals surface area contributed by atoms with Crippen molar-refractivity contribution in [1.29, 1.82) is 0 Å². The Morgan fingerprint density at radius 2 is 2.00 bits per heavy atom. The number of nitrogens with one attached hydrogen (secondary N) is 1. The van der Waals surface area contributed by atoms with Crippen LogP contribution in [0, 0.1) is 5.41 Å². The Morgan fingerprint density at radius 1 is 1.20 bits per heavy atom. The Labute approximate surface area is 125 Å². The van der Waals surface area contributed by atoms with Crippen LogP contribution in [-0.2, 0) is 0 Å². The second kappa shape index (κ2) is 5.94. The van der Waals surface area contributed by atoms with Gasteiger partial charge in [-0.2, -0.15) is 0 Å². The molecule has 3 unspecified atom stereocenters. The molecule has 0 aromatic carbocycles. The summed E-state index contributed by atoms with van der Waals surface area (Å²) in [5.41, 5.74) is 0.442. The minimum Gasteiger partial charge on any atom is -0.313 e. The highest BCUT2D eigenvalue weighted by atomic mass is 15.3. The molecule has 116 valence electrons. The number of fused-ring (bicyclic) bond motifs is 1. The van der Waals surface area contributed by atoms with Gasteiger partial charge in [0.25, 0.3) is 0 Å². The average molecular weight is 279 g/mol. The second-order valence-electron chi connectivity index (χ2n) is 7.89. The molecular weight excluding hydrogens is 246 g/mol. The Bertz CT molecular complexity index is 328. The van der Waals surface area contributed by atoms with E-state index in [1.54, 1.807) is 0 Å². The third-order valence-corrected chi connectivity index (χ3v) is 5.90. The van der Waals surface area contributed by atoms with Crippen LogP contribution < -0.4 is 5.32 Å². The fraction of sp³-hybridized carbons (Fsp3) is 1.00. The van der Waals surface area contributed by atoms with E-state index < -0.39 is 0 Å². The van der Waals surface area contributed by atoms with Crippen molar-refractivity contribution in [2.24, 2.45) is 5.41 Å². The summed E-state index contributed by atoms with van der Waals surface area (Å²) >= 11 is 0. The summed E-state index contributed by atoms with van der Waals surface area (Å²) in [6.07, 6.45) is 6.92. The highest BCUT2D eigenvalue weighted by Crippen LogP contribution is 2.30. The zero-order valence-corrected chi connectivity index (χ0v) is 13.7. The van der Waals surface area contributed by atoms with Crippen molar-refractivity contribution in [2.45, 2.75) is 71.0 Å². The van der Waals surface area contributed by atoms with Gasteiger partial charge in [0.05, 0.1) is 0 Å². The van der Waals surface area contributed by atoms with E-state index >= 15 is 0 Å². The lowest BCUT2D eigenvalue weighted by Gasteiger charge is -2.46. The van der Waals surface area contributed by atoms with Crippen molar-refractivity contribution in [3.63, 3.8) is 0 Å². The normalized spacial score (nSPS) is 35.0. The van der Waals surface area contributed by atoms with Gasteiger partial charge in [-0.3, -0.25) is 9.80 Å². The first-order chi connectivity index (χ1) is 9.59. The third-order valence-electron chi connectivity index (χ3n) is 5.90. The molecule has 3 atom stereocenters. The lowest BCUT2D eigenvalue weighted by atomic mass is 9.85. The number of piperazine rings is 1. The minimum absolute atomic E-state index is 0.442. The number of rotatable bonds is 6. The molecule has 2 saturated heterocycles. The predicted octanol–water partition coefficient (Wildman–Crippen LogP) is 2.32. The van der Waals surface area contributed by atoms with E-state index in [4.69, 9.17) is 0 Å². The molecule has 3 rings (SSSR count). The quantitative estimate of drug-likeness (QED) is 0.805. The van der Waals surface area contributed by atoms with E-state index in [2.05, 4.69) is 35.9 Å². The van der Waals surface area contributed by atoms with Crippen LogP contribution >= 0.6 is 0 Å². The molecule has 0 bridgehead atoms. The summed E-state index contributed by atoms with van der Waals surface area (Å²) in [5.74, 6) is 0. The molecule has 3 aliphatic rings. The van der Waals surface area contributed by atoms with Gasteiger partial charge in [-0.05, 0) is 51.0 Å². The molecule has 2 heterocycles. The van der Waals surface area contributed by atoms with Crippen LogP contribution in [0.3, 0.4) is 0 Å². The molecule has 2 aliphatic heterocycles. The van der Waals surface area contributed by atoms with E-state index in [0.29, 0.717) is 5.41 Å². The fourth-order valence-corrected chi connectivity index (χ4v) is 3.93. The zero-order chi connectivity index (χ0) is 14.2. The molecule has 0 aromatic rings. The van der Waals surface area contributed by atoms with E-state index in [1.807, 2.05) is 0 Å². The highest BCUT2D eigenvalue weighted by molar-refractivity contribution is 4.94. The third kappa shape index (κ3) is 3.37. The van der Waals surface area contributed by atoms with Crippen molar-refractivity contribution in [3.05, 3.63) is 0 Å². The molecule has 1 saturated carbocycles. The van der Waals surface area contributed by atoms with Crippen LogP contribution in [0.25, 0.3) is 0 Å². The average Bonchev–Trinajstić information content (AvgIpc) is 3.16. The Balaban J connectivity index is 1.56. The topological polar surface area (TPSA) is 18.5 Å². The van der Waals surface area contributed by atoms with Crippen LogP contribution in [0.15, 0.2) is 0 Å². The molecule has 3 heteroatoms. The van der Waals surface area contributed by atoms with Gasteiger partial charge >= 0.3 is 0 Å². The van der Waals surface area contributed by atoms with Crippen LogP contribution in [0.2, 0.25) is 0 Å². The van der Waals surface area contributed by atoms with Gasteiger partial charge in [0.1, 0.15) is 0 Å². The summed E-state index contributed by atoms with van der Waals surface area (Å²) in [7, 11) is 0. The Morgan fingerprint density at radius 3 is 2.70 bits per heavy atom. The van der Waals surface area contributed by atoms with E-state index in [0.717, 1.165) is 18.1 Å². The lowest BCUT2D eigenvalue weighted by molar-refractivity contribution is 0.0283. The van der Waals surface area contributed by atoms with E-state index in [1.165, 1.54) is 64.8 Å². The standard InChI is InChI=1S/C17H33N3/c1-4-17(3,12-18-15-7-8-15)13-20-11-16-6-5-9-19(16)10-14(20)2/h14-16,18H,4-13H2,1-3H3. The summed E-state index contributed by atoms with van der Waals surface area (Å²) < 4.78 is 0. The van der Waals surface area contributed by atoms with E-state index in [-0.39, 0.29) is 0 Å². The molecule has 20 heavy (non-hydrogen) atoms. The molecule has 0 aromatic heterocycles. The first kappa shape index (κ1) is 14.8. The first-order valence-electron chi connectivity index (χ1n) is 8.81. The number of hydrogen-bond donors (Lipinski definition) is 1. The van der Waals surface area contributed by atoms with Gasteiger partial charge in [-0.1, -0.05) is 13.8 Å². The van der Waals surface area contributed by atoms with Crippen LogP contribution in [0.5, 0.6) is 0 Å². The van der Waals surface area contributed by atoms with Crippen molar-refractivity contribution < 1.29 is 0 Å². The van der Waals surface area contributed by atoms with Crippen molar-refractivity contribution in [2.75, 3.05) is 32.7 Å². The second-order valence-corrected chi connectivity index (χ2v) is 7.89. The Hall–Kier alpha value is -0.120. The molecule has 1 aliphatic carbocycles. The van der Waals surface area contributed by atoms with Crippen molar-refractivity contribution in [1.82, 2.24) is 15.1 Å². The Kier molecular flexibility index (Phi) is 4.40. The monoisotopic (exact) mass is 279 g/mol. The molecule has 0 spiro atoms. The molecule has 3 fully saturated rings. The van der Waals surface area contributed by atoms with Crippen LogP contribution in [0.1, 0.15) is 52.9 Å². The summed E-state index contributed by atoms with van der Waals surface area (Å²) in [5, 5.41) is 3.76. The van der Waals surface area contributed by atoms with Crippen molar-refractivity contribution in [3.8, 4) is 0 Å². The van der Waals surface area contributed by atoms with Gasteiger partial charge in [0.2, 0.25) is 0 Å².